The highest BCUT2D eigenvalue weighted by Gasteiger charge is 2.08. The zero-order valence-corrected chi connectivity index (χ0v) is 17.5. The molecular formula is C24H20Cl2N2O. The molecule has 0 spiro atoms. The van der Waals surface area contributed by atoms with E-state index in [1.165, 1.54) is 0 Å². The Morgan fingerprint density at radius 1 is 0.966 bits per heavy atom. The second kappa shape index (κ2) is 8.73. The largest absolute Gasteiger partial charge is 0.492 e. The number of hydrogen-bond acceptors (Lipinski definition) is 2. The van der Waals surface area contributed by atoms with Crippen molar-refractivity contribution in [2.75, 3.05) is 6.61 Å². The lowest BCUT2D eigenvalue weighted by Crippen LogP contribution is -2.09. The zero-order valence-electron chi connectivity index (χ0n) is 16.0. The van der Waals surface area contributed by atoms with E-state index in [4.69, 9.17) is 32.9 Å². The van der Waals surface area contributed by atoms with Crippen LogP contribution in [0.2, 0.25) is 10.0 Å². The smallest absolute Gasteiger partial charge is 0.133 e. The van der Waals surface area contributed by atoms with E-state index in [1.807, 2.05) is 79.7 Å². The summed E-state index contributed by atoms with van der Waals surface area (Å²) in [6.07, 6.45) is 4.06. The van der Waals surface area contributed by atoms with Gasteiger partial charge in [0, 0.05) is 10.0 Å². The number of aromatic nitrogens is 2. The van der Waals surface area contributed by atoms with Crippen molar-refractivity contribution in [1.82, 2.24) is 9.55 Å². The molecule has 0 saturated heterocycles. The third-order valence-electron chi connectivity index (χ3n) is 4.69. The van der Waals surface area contributed by atoms with E-state index in [9.17, 15) is 0 Å². The van der Waals surface area contributed by atoms with Gasteiger partial charge in [-0.05, 0) is 66.6 Å². The Kier molecular flexibility index (Phi) is 5.89. The summed E-state index contributed by atoms with van der Waals surface area (Å²) in [4.78, 5) is 4.77. The molecule has 0 atom stereocenters. The summed E-state index contributed by atoms with van der Waals surface area (Å²) in [6.45, 7) is 3.18. The molecule has 1 aromatic heterocycles. The Bertz CT molecular complexity index is 1160. The lowest BCUT2D eigenvalue weighted by atomic mass is 10.2. The van der Waals surface area contributed by atoms with E-state index in [2.05, 4.69) is 10.6 Å². The maximum absolute atomic E-state index is 6.09. The van der Waals surface area contributed by atoms with Crippen molar-refractivity contribution < 1.29 is 4.74 Å². The third kappa shape index (κ3) is 4.64. The van der Waals surface area contributed by atoms with E-state index in [0.29, 0.717) is 13.2 Å². The van der Waals surface area contributed by atoms with E-state index in [-0.39, 0.29) is 0 Å². The first-order chi connectivity index (χ1) is 14.1. The molecule has 0 amide bonds. The van der Waals surface area contributed by atoms with Gasteiger partial charge in [-0.15, -0.1) is 0 Å². The summed E-state index contributed by atoms with van der Waals surface area (Å²) in [5, 5.41) is 1.47. The van der Waals surface area contributed by atoms with E-state index >= 15 is 0 Å². The summed E-state index contributed by atoms with van der Waals surface area (Å²) in [5.74, 6) is 1.70. The van der Waals surface area contributed by atoms with Gasteiger partial charge in [-0.2, -0.15) is 0 Å². The van der Waals surface area contributed by atoms with Crippen molar-refractivity contribution in [2.24, 2.45) is 0 Å². The molecule has 1 heterocycles. The molecule has 0 aliphatic carbocycles. The van der Waals surface area contributed by atoms with Crippen LogP contribution in [0.5, 0.6) is 5.75 Å². The lowest BCUT2D eigenvalue weighted by Gasteiger charge is -2.10. The normalized spacial score (nSPS) is 11.4. The van der Waals surface area contributed by atoms with E-state index < -0.39 is 0 Å². The minimum atomic E-state index is 0.531. The van der Waals surface area contributed by atoms with Crippen LogP contribution in [-0.4, -0.2) is 16.2 Å². The van der Waals surface area contributed by atoms with E-state index in [0.717, 1.165) is 43.8 Å². The molecule has 0 unspecified atom stereocenters. The van der Waals surface area contributed by atoms with Gasteiger partial charge in [-0.1, -0.05) is 53.5 Å². The van der Waals surface area contributed by atoms with Gasteiger partial charge in [-0.25, -0.2) is 4.98 Å². The van der Waals surface area contributed by atoms with Crippen molar-refractivity contribution in [3.8, 4) is 5.75 Å². The van der Waals surface area contributed by atoms with Crippen molar-refractivity contribution in [3.63, 3.8) is 0 Å². The minimum Gasteiger partial charge on any atom is -0.492 e. The number of hydrogen-bond donors (Lipinski definition) is 0. The molecule has 4 aromatic rings. The number of fused-ring (bicyclic) bond motifs is 1. The molecule has 4 rings (SSSR count). The van der Waals surface area contributed by atoms with Crippen LogP contribution in [0.4, 0.5) is 0 Å². The van der Waals surface area contributed by atoms with Crippen LogP contribution in [0.25, 0.3) is 23.2 Å². The number of aryl methyl sites for hydroxylation is 1. The average Bonchev–Trinajstić information content (AvgIpc) is 3.08. The third-order valence-corrected chi connectivity index (χ3v) is 5.37. The summed E-state index contributed by atoms with van der Waals surface area (Å²) in [7, 11) is 0. The summed E-state index contributed by atoms with van der Waals surface area (Å²) < 4.78 is 8.12. The Hall–Kier alpha value is -2.75. The van der Waals surface area contributed by atoms with Crippen molar-refractivity contribution >= 4 is 46.4 Å². The molecule has 0 fully saturated rings. The van der Waals surface area contributed by atoms with Crippen molar-refractivity contribution in [2.45, 2.75) is 13.5 Å². The molecular weight excluding hydrogens is 403 g/mol. The predicted octanol–water partition coefficient (Wildman–Crippen LogP) is 6.90. The Labute approximate surface area is 180 Å². The summed E-state index contributed by atoms with van der Waals surface area (Å²) in [6, 6.07) is 21.6. The molecule has 0 saturated carbocycles. The van der Waals surface area contributed by atoms with Crippen LogP contribution >= 0.6 is 23.2 Å². The molecule has 3 nitrogen and oxygen atoms in total. The van der Waals surface area contributed by atoms with Gasteiger partial charge in [-0.3, -0.25) is 0 Å². The number of rotatable bonds is 6. The first-order valence-corrected chi connectivity index (χ1v) is 10.1. The van der Waals surface area contributed by atoms with Gasteiger partial charge in [0.25, 0.3) is 0 Å². The molecule has 0 aliphatic heterocycles. The summed E-state index contributed by atoms with van der Waals surface area (Å²) in [5.41, 5.74) is 4.12. The van der Waals surface area contributed by atoms with Gasteiger partial charge < -0.3 is 9.30 Å². The van der Waals surface area contributed by atoms with E-state index in [1.54, 1.807) is 0 Å². The average molecular weight is 423 g/mol. The van der Waals surface area contributed by atoms with Gasteiger partial charge in [0.1, 0.15) is 18.2 Å². The zero-order chi connectivity index (χ0) is 20.2. The van der Waals surface area contributed by atoms with Crippen LogP contribution in [-0.2, 0) is 6.54 Å². The standard InChI is InChI=1S/C24H20Cl2N2O/c1-17-16-20(11-12-21(17)26)29-15-14-28-23-5-3-2-4-22(23)27-24(28)13-8-18-6-9-19(25)10-7-18/h2-13,16H,14-15H2,1H3/b13-8+. The number of benzene rings is 3. The lowest BCUT2D eigenvalue weighted by molar-refractivity contribution is 0.299. The quantitative estimate of drug-likeness (QED) is 0.337. The molecule has 5 heteroatoms. The van der Waals surface area contributed by atoms with Gasteiger partial charge in [0.05, 0.1) is 17.6 Å². The second-order valence-corrected chi connectivity index (χ2v) is 7.60. The van der Waals surface area contributed by atoms with Crippen molar-refractivity contribution in [1.29, 1.82) is 0 Å². The molecule has 3 aromatic carbocycles. The second-order valence-electron chi connectivity index (χ2n) is 6.75. The number of imidazole rings is 1. The monoisotopic (exact) mass is 422 g/mol. The van der Waals surface area contributed by atoms with Crippen LogP contribution in [0, 0.1) is 6.92 Å². The number of ether oxygens (including phenoxy) is 1. The first kappa shape index (κ1) is 19.6. The molecule has 29 heavy (non-hydrogen) atoms. The maximum Gasteiger partial charge on any atom is 0.133 e. The topological polar surface area (TPSA) is 27.1 Å². The molecule has 0 radical (unpaired) electrons. The fourth-order valence-electron chi connectivity index (χ4n) is 3.16. The van der Waals surface area contributed by atoms with Crippen LogP contribution in [0.15, 0.2) is 66.7 Å². The highest BCUT2D eigenvalue weighted by Crippen LogP contribution is 2.22. The fourth-order valence-corrected chi connectivity index (χ4v) is 3.41. The van der Waals surface area contributed by atoms with Crippen molar-refractivity contribution in [3.05, 3.63) is 93.7 Å². The van der Waals surface area contributed by atoms with Crippen LogP contribution < -0.4 is 4.74 Å². The Morgan fingerprint density at radius 3 is 2.55 bits per heavy atom. The number of nitrogens with zero attached hydrogens (tertiary/aromatic N) is 2. The van der Waals surface area contributed by atoms with Gasteiger partial charge >= 0.3 is 0 Å². The Balaban J connectivity index is 1.56. The summed E-state index contributed by atoms with van der Waals surface area (Å²) >= 11 is 12.1. The maximum atomic E-state index is 6.09. The number of halogens is 2. The molecule has 0 N–H and O–H groups in total. The molecule has 0 bridgehead atoms. The van der Waals surface area contributed by atoms with Crippen LogP contribution in [0.1, 0.15) is 17.0 Å². The highest BCUT2D eigenvalue weighted by molar-refractivity contribution is 6.31. The first-order valence-electron chi connectivity index (χ1n) is 9.38. The SMILES string of the molecule is Cc1cc(OCCn2c(/C=C/c3ccc(Cl)cc3)nc3ccccc32)ccc1Cl. The molecule has 0 aliphatic rings. The highest BCUT2D eigenvalue weighted by atomic mass is 35.5. The fraction of sp³-hybridized carbons (Fsp3) is 0.125. The van der Waals surface area contributed by atoms with Gasteiger partial charge in [0.2, 0.25) is 0 Å². The Morgan fingerprint density at radius 2 is 1.76 bits per heavy atom. The molecule has 146 valence electrons. The predicted molar refractivity (Wildman–Crippen MR) is 122 cm³/mol. The van der Waals surface area contributed by atoms with Crippen LogP contribution in [0.3, 0.4) is 0 Å². The van der Waals surface area contributed by atoms with Gasteiger partial charge in [0.15, 0.2) is 0 Å². The minimum absolute atomic E-state index is 0.531. The number of para-hydroxylation sites is 2.